The van der Waals surface area contributed by atoms with Gasteiger partial charge < -0.3 is 5.32 Å². The van der Waals surface area contributed by atoms with Crippen LogP contribution in [0.1, 0.15) is 39.2 Å². The van der Waals surface area contributed by atoms with Crippen LogP contribution < -0.4 is 5.32 Å². The minimum Gasteiger partial charge on any atom is -0.352 e. The van der Waals surface area contributed by atoms with E-state index < -0.39 is 5.41 Å². The lowest BCUT2D eigenvalue weighted by Gasteiger charge is -2.25. The highest BCUT2D eigenvalue weighted by Crippen LogP contribution is 2.25. The van der Waals surface area contributed by atoms with Crippen molar-refractivity contribution < 1.29 is 4.79 Å². The van der Waals surface area contributed by atoms with Crippen LogP contribution in [0.5, 0.6) is 0 Å². The standard InChI is InChI=1S/C16H22N2O/c1-4-16(5-2,12-17)15(19)18-13(3)11-14-9-7-6-8-10-14/h6-10,13H,4-5,11H2,1-3H3,(H,18,19). The normalized spacial score (nSPS) is 12.5. The summed E-state index contributed by atoms with van der Waals surface area (Å²) in [7, 11) is 0. The molecule has 0 heterocycles. The molecule has 1 rings (SSSR count). The van der Waals surface area contributed by atoms with Crippen molar-refractivity contribution in [2.45, 2.75) is 46.1 Å². The molecule has 19 heavy (non-hydrogen) atoms. The number of nitriles is 1. The summed E-state index contributed by atoms with van der Waals surface area (Å²) in [5, 5.41) is 12.2. The smallest absolute Gasteiger partial charge is 0.240 e. The van der Waals surface area contributed by atoms with E-state index >= 15 is 0 Å². The second-order valence-electron chi connectivity index (χ2n) is 4.97. The van der Waals surface area contributed by atoms with Gasteiger partial charge in [0, 0.05) is 6.04 Å². The van der Waals surface area contributed by atoms with Gasteiger partial charge in [-0.15, -0.1) is 0 Å². The molecule has 0 spiro atoms. The Hall–Kier alpha value is -1.82. The number of rotatable bonds is 6. The molecule has 0 bridgehead atoms. The van der Waals surface area contributed by atoms with Crippen molar-refractivity contribution in [2.24, 2.45) is 5.41 Å². The highest BCUT2D eigenvalue weighted by Gasteiger charge is 2.35. The molecule has 0 aliphatic heterocycles. The van der Waals surface area contributed by atoms with Gasteiger partial charge in [0.1, 0.15) is 5.41 Å². The van der Waals surface area contributed by atoms with E-state index in [1.54, 1.807) is 0 Å². The minimum absolute atomic E-state index is 0.0284. The van der Waals surface area contributed by atoms with Gasteiger partial charge in [0.15, 0.2) is 0 Å². The van der Waals surface area contributed by atoms with Crippen LogP contribution in [0.3, 0.4) is 0 Å². The molecule has 102 valence electrons. The molecule has 0 aliphatic rings. The number of hydrogen-bond donors (Lipinski definition) is 1. The third kappa shape index (κ3) is 3.82. The number of carbonyl (C=O) groups excluding carboxylic acids is 1. The Morgan fingerprint density at radius 3 is 2.37 bits per heavy atom. The topological polar surface area (TPSA) is 52.9 Å². The Labute approximate surface area is 115 Å². The molecule has 1 unspecified atom stereocenters. The van der Waals surface area contributed by atoms with Gasteiger partial charge in [0.05, 0.1) is 6.07 Å². The molecule has 0 aromatic heterocycles. The van der Waals surface area contributed by atoms with Gasteiger partial charge in [-0.25, -0.2) is 0 Å². The number of benzene rings is 1. The minimum atomic E-state index is -0.884. The van der Waals surface area contributed by atoms with Crippen LogP contribution in [0.25, 0.3) is 0 Å². The van der Waals surface area contributed by atoms with E-state index in [9.17, 15) is 10.1 Å². The average Bonchev–Trinajstić information content (AvgIpc) is 2.42. The molecular formula is C16H22N2O. The number of hydrogen-bond acceptors (Lipinski definition) is 2. The van der Waals surface area contributed by atoms with Crippen molar-refractivity contribution in [3.63, 3.8) is 0 Å². The van der Waals surface area contributed by atoms with Crippen LogP contribution in [-0.2, 0) is 11.2 Å². The Bertz CT molecular complexity index is 444. The zero-order valence-corrected chi connectivity index (χ0v) is 11.9. The number of carbonyl (C=O) groups is 1. The van der Waals surface area contributed by atoms with Crippen LogP contribution in [0.4, 0.5) is 0 Å². The summed E-state index contributed by atoms with van der Waals surface area (Å²) < 4.78 is 0. The first-order valence-corrected chi connectivity index (χ1v) is 6.84. The van der Waals surface area contributed by atoms with Crippen molar-refractivity contribution in [2.75, 3.05) is 0 Å². The summed E-state index contributed by atoms with van der Waals surface area (Å²) in [6, 6.07) is 12.2. The molecule has 1 aromatic carbocycles. The van der Waals surface area contributed by atoms with Gasteiger partial charge in [0.25, 0.3) is 0 Å². The van der Waals surface area contributed by atoms with Gasteiger partial charge in [-0.3, -0.25) is 4.79 Å². The molecule has 1 amide bonds. The first kappa shape index (κ1) is 15.2. The fourth-order valence-electron chi connectivity index (χ4n) is 2.16. The van der Waals surface area contributed by atoms with Gasteiger partial charge in [0.2, 0.25) is 5.91 Å². The molecule has 1 atom stereocenters. The molecule has 0 radical (unpaired) electrons. The Balaban J connectivity index is 2.64. The van der Waals surface area contributed by atoms with Crippen molar-refractivity contribution in [1.82, 2.24) is 5.32 Å². The lowest BCUT2D eigenvalue weighted by atomic mass is 9.83. The fraction of sp³-hybridized carbons (Fsp3) is 0.500. The van der Waals surface area contributed by atoms with E-state index in [-0.39, 0.29) is 11.9 Å². The quantitative estimate of drug-likeness (QED) is 0.852. The first-order chi connectivity index (χ1) is 9.07. The van der Waals surface area contributed by atoms with Gasteiger partial charge >= 0.3 is 0 Å². The van der Waals surface area contributed by atoms with Gasteiger partial charge in [-0.05, 0) is 31.7 Å². The molecule has 0 saturated carbocycles. The highest BCUT2D eigenvalue weighted by molar-refractivity contribution is 5.85. The predicted octanol–water partition coefficient (Wildman–Crippen LogP) is 3.06. The van der Waals surface area contributed by atoms with Crippen molar-refractivity contribution >= 4 is 5.91 Å². The van der Waals surface area contributed by atoms with Gasteiger partial charge in [-0.2, -0.15) is 5.26 Å². The van der Waals surface area contributed by atoms with Crippen LogP contribution in [0, 0.1) is 16.7 Å². The van der Waals surface area contributed by atoms with Crippen LogP contribution >= 0.6 is 0 Å². The largest absolute Gasteiger partial charge is 0.352 e. The Morgan fingerprint density at radius 2 is 1.89 bits per heavy atom. The van der Waals surface area contributed by atoms with Crippen molar-refractivity contribution in [3.05, 3.63) is 35.9 Å². The van der Waals surface area contributed by atoms with E-state index in [1.165, 1.54) is 5.56 Å². The highest BCUT2D eigenvalue weighted by atomic mass is 16.2. The second-order valence-corrected chi connectivity index (χ2v) is 4.97. The van der Waals surface area contributed by atoms with E-state index in [2.05, 4.69) is 11.4 Å². The zero-order chi connectivity index (χ0) is 14.3. The first-order valence-electron chi connectivity index (χ1n) is 6.84. The van der Waals surface area contributed by atoms with E-state index in [0.29, 0.717) is 12.8 Å². The Kier molecular flexibility index (Phi) is 5.57. The zero-order valence-electron chi connectivity index (χ0n) is 11.9. The van der Waals surface area contributed by atoms with Crippen molar-refractivity contribution in [1.29, 1.82) is 5.26 Å². The van der Waals surface area contributed by atoms with Crippen LogP contribution in [0.2, 0.25) is 0 Å². The van der Waals surface area contributed by atoms with E-state index in [1.807, 2.05) is 51.1 Å². The second kappa shape index (κ2) is 6.94. The van der Waals surface area contributed by atoms with Crippen molar-refractivity contribution in [3.8, 4) is 6.07 Å². The summed E-state index contributed by atoms with van der Waals surface area (Å²) in [5.74, 6) is -0.150. The van der Waals surface area contributed by atoms with E-state index in [0.717, 1.165) is 6.42 Å². The van der Waals surface area contributed by atoms with Gasteiger partial charge in [-0.1, -0.05) is 44.2 Å². The Morgan fingerprint density at radius 1 is 1.32 bits per heavy atom. The maximum Gasteiger partial charge on any atom is 0.240 e. The molecular weight excluding hydrogens is 236 g/mol. The SMILES string of the molecule is CCC(C#N)(CC)C(=O)NC(C)Cc1ccccc1. The summed E-state index contributed by atoms with van der Waals surface area (Å²) in [4.78, 5) is 12.2. The number of nitrogens with one attached hydrogen (secondary N) is 1. The molecule has 0 aliphatic carbocycles. The third-order valence-electron chi connectivity index (χ3n) is 3.62. The molecule has 0 fully saturated rings. The molecule has 0 saturated heterocycles. The van der Waals surface area contributed by atoms with Crippen LogP contribution in [-0.4, -0.2) is 11.9 Å². The summed E-state index contributed by atoms with van der Waals surface area (Å²) in [6.45, 7) is 5.74. The maximum atomic E-state index is 12.2. The molecule has 1 aromatic rings. The predicted molar refractivity (Wildman–Crippen MR) is 76.4 cm³/mol. The summed E-state index contributed by atoms with van der Waals surface area (Å²) in [5.41, 5.74) is 0.302. The maximum absolute atomic E-state index is 12.2. The average molecular weight is 258 g/mol. The third-order valence-corrected chi connectivity index (χ3v) is 3.62. The lowest BCUT2D eigenvalue weighted by molar-refractivity contribution is -0.129. The molecule has 1 N–H and O–H groups in total. The number of amides is 1. The monoisotopic (exact) mass is 258 g/mol. The molecule has 3 heteroatoms. The summed E-state index contributed by atoms with van der Waals surface area (Å²) >= 11 is 0. The van der Waals surface area contributed by atoms with E-state index in [4.69, 9.17) is 0 Å². The lowest BCUT2D eigenvalue weighted by Crippen LogP contribution is -2.44. The molecule has 3 nitrogen and oxygen atoms in total. The summed E-state index contributed by atoms with van der Waals surface area (Å²) in [6.07, 6.45) is 1.87. The van der Waals surface area contributed by atoms with Crippen LogP contribution in [0.15, 0.2) is 30.3 Å². The number of nitrogens with zero attached hydrogens (tertiary/aromatic N) is 1. The fourth-order valence-corrected chi connectivity index (χ4v) is 2.16.